The summed E-state index contributed by atoms with van der Waals surface area (Å²) in [7, 11) is 0. The molecule has 3 unspecified atom stereocenters. The van der Waals surface area contributed by atoms with Gasteiger partial charge < -0.3 is 15.0 Å². The first-order valence-electron chi connectivity index (χ1n) is 7.01. The zero-order valence-corrected chi connectivity index (χ0v) is 11.7. The van der Waals surface area contributed by atoms with Gasteiger partial charge in [0.05, 0.1) is 11.8 Å². The van der Waals surface area contributed by atoms with Gasteiger partial charge in [-0.3, -0.25) is 0 Å². The van der Waals surface area contributed by atoms with Crippen molar-refractivity contribution < 1.29 is 9.26 Å². The Bertz CT molecular complexity index is 596. The lowest BCUT2D eigenvalue weighted by atomic mass is 9.99. The van der Waals surface area contributed by atoms with E-state index in [0.717, 1.165) is 17.7 Å². The van der Waals surface area contributed by atoms with Crippen LogP contribution >= 0.6 is 0 Å². The topological polar surface area (TPSA) is 74.2 Å². The molecule has 20 heavy (non-hydrogen) atoms. The smallest absolute Gasteiger partial charge is 0.231 e. The Balaban J connectivity index is 1.85. The van der Waals surface area contributed by atoms with Crippen LogP contribution < -0.4 is 10.5 Å². The normalized spacial score (nSPS) is 20.2. The predicted molar refractivity (Wildman–Crippen MR) is 74.8 cm³/mol. The second-order valence-corrected chi connectivity index (χ2v) is 5.25. The number of hydrogen-bond donors (Lipinski definition) is 1. The third kappa shape index (κ3) is 2.18. The molecule has 106 valence electrons. The Morgan fingerprint density at radius 1 is 1.40 bits per heavy atom. The molecule has 0 saturated heterocycles. The molecule has 0 amide bonds. The van der Waals surface area contributed by atoms with Crippen molar-refractivity contribution >= 4 is 0 Å². The first kappa shape index (κ1) is 13.1. The number of nitrogens with two attached hydrogens (primary N) is 1. The molecule has 3 atom stereocenters. The standard InChI is InChI=1S/C15H19N3O2/c1-3-12(16)9(2)15-17-14(18-20-15)11-8-19-13-7-5-4-6-10(11)13/h4-7,9,11-12H,3,8,16H2,1-2H3. The Morgan fingerprint density at radius 2 is 2.20 bits per heavy atom. The number of hydrogen-bond acceptors (Lipinski definition) is 5. The second kappa shape index (κ2) is 5.25. The number of para-hydroxylation sites is 1. The molecule has 0 fully saturated rings. The molecule has 2 N–H and O–H groups in total. The van der Waals surface area contributed by atoms with Gasteiger partial charge in [0.25, 0.3) is 0 Å². The van der Waals surface area contributed by atoms with E-state index in [1.807, 2.05) is 31.2 Å². The summed E-state index contributed by atoms with van der Waals surface area (Å²) in [5.74, 6) is 2.31. The number of fused-ring (bicyclic) bond motifs is 1. The van der Waals surface area contributed by atoms with Crippen LogP contribution in [-0.4, -0.2) is 22.8 Å². The lowest BCUT2D eigenvalue weighted by molar-refractivity contribution is 0.323. The van der Waals surface area contributed by atoms with Gasteiger partial charge >= 0.3 is 0 Å². The third-order valence-electron chi connectivity index (χ3n) is 3.97. The Hall–Kier alpha value is -1.88. The molecular formula is C15H19N3O2. The van der Waals surface area contributed by atoms with Crippen LogP contribution in [0.5, 0.6) is 5.75 Å². The first-order chi connectivity index (χ1) is 9.70. The summed E-state index contributed by atoms with van der Waals surface area (Å²) in [6.45, 7) is 4.64. The Labute approximate surface area is 118 Å². The molecular weight excluding hydrogens is 254 g/mol. The maximum atomic E-state index is 6.04. The summed E-state index contributed by atoms with van der Waals surface area (Å²) >= 11 is 0. The average Bonchev–Trinajstić information content (AvgIpc) is 3.11. The van der Waals surface area contributed by atoms with Gasteiger partial charge in [0, 0.05) is 11.6 Å². The quantitative estimate of drug-likeness (QED) is 0.926. The molecule has 5 nitrogen and oxygen atoms in total. The van der Waals surface area contributed by atoms with Gasteiger partial charge in [-0.2, -0.15) is 4.98 Å². The molecule has 0 bridgehead atoms. The Morgan fingerprint density at radius 3 is 3.00 bits per heavy atom. The Kier molecular flexibility index (Phi) is 3.44. The minimum atomic E-state index is 0.0374. The van der Waals surface area contributed by atoms with Crippen molar-refractivity contribution in [3.05, 3.63) is 41.5 Å². The third-order valence-corrected chi connectivity index (χ3v) is 3.97. The average molecular weight is 273 g/mol. The van der Waals surface area contributed by atoms with Crippen molar-refractivity contribution in [3.63, 3.8) is 0 Å². The summed E-state index contributed by atoms with van der Waals surface area (Å²) in [6.07, 6.45) is 0.883. The maximum absolute atomic E-state index is 6.04. The van der Waals surface area contributed by atoms with Crippen LogP contribution in [0.25, 0.3) is 0 Å². The van der Waals surface area contributed by atoms with Crippen LogP contribution in [0.3, 0.4) is 0 Å². The van der Waals surface area contributed by atoms with E-state index in [2.05, 4.69) is 17.1 Å². The van der Waals surface area contributed by atoms with Crippen LogP contribution in [0.15, 0.2) is 28.8 Å². The molecule has 5 heteroatoms. The predicted octanol–water partition coefficient (Wildman–Crippen LogP) is 2.43. The monoisotopic (exact) mass is 273 g/mol. The molecule has 1 aromatic heterocycles. The van der Waals surface area contributed by atoms with Gasteiger partial charge in [-0.25, -0.2) is 0 Å². The van der Waals surface area contributed by atoms with E-state index in [4.69, 9.17) is 15.0 Å². The number of nitrogens with zero attached hydrogens (tertiary/aromatic N) is 2. The van der Waals surface area contributed by atoms with E-state index in [1.165, 1.54) is 0 Å². The van der Waals surface area contributed by atoms with E-state index >= 15 is 0 Å². The van der Waals surface area contributed by atoms with Crippen LogP contribution in [0, 0.1) is 0 Å². The highest BCUT2D eigenvalue weighted by atomic mass is 16.5. The maximum Gasteiger partial charge on any atom is 0.231 e. The number of rotatable bonds is 4. The molecule has 0 saturated carbocycles. The van der Waals surface area contributed by atoms with Crippen LogP contribution in [0.1, 0.15) is 49.4 Å². The highest BCUT2D eigenvalue weighted by Crippen LogP contribution is 2.36. The highest BCUT2D eigenvalue weighted by Gasteiger charge is 2.30. The molecule has 1 aromatic carbocycles. The van der Waals surface area contributed by atoms with Crippen LogP contribution in [-0.2, 0) is 0 Å². The van der Waals surface area contributed by atoms with Crippen molar-refractivity contribution in [2.75, 3.05) is 6.61 Å². The number of ether oxygens (including phenoxy) is 1. The molecule has 0 spiro atoms. The number of aromatic nitrogens is 2. The minimum Gasteiger partial charge on any atom is -0.492 e. The van der Waals surface area contributed by atoms with E-state index in [-0.39, 0.29) is 17.9 Å². The van der Waals surface area contributed by atoms with Crippen molar-refractivity contribution in [3.8, 4) is 5.75 Å². The van der Waals surface area contributed by atoms with E-state index in [0.29, 0.717) is 18.3 Å². The zero-order valence-electron chi connectivity index (χ0n) is 11.7. The minimum absolute atomic E-state index is 0.0374. The fraction of sp³-hybridized carbons (Fsp3) is 0.467. The van der Waals surface area contributed by atoms with E-state index < -0.39 is 0 Å². The van der Waals surface area contributed by atoms with Gasteiger partial charge in [0.2, 0.25) is 5.89 Å². The summed E-state index contributed by atoms with van der Waals surface area (Å²) in [5, 5.41) is 4.11. The molecule has 0 aliphatic carbocycles. The molecule has 1 aliphatic rings. The van der Waals surface area contributed by atoms with Gasteiger partial charge in [-0.05, 0) is 12.5 Å². The SMILES string of the molecule is CCC(N)C(C)c1nc(C2COc3ccccc32)no1. The molecule has 2 heterocycles. The summed E-state index contributed by atoms with van der Waals surface area (Å²) in [5.41, 5.74) is 7.15. The molecule has 1 aliphatic heterocycles. The van der Waals surface area contributed by atoms with Crippen molar-refractivity contribution in [2.24, 2.45) is 5.73 Å². The molecule has 0 radical (unpaired) electrons. The van der Waals surface area contributed by atoms with Gasteiger partial charge in [0.1, 0.15) is 12.4 Å². The van der Waals surface area contributed by atoms with E-state index in [9.17, 15) is 0 Å². The van der Waals surface area contributed by atoms with Gasteiger partial charge in [-0.15, -0.1) is 0 Å². The zero-order chi connectivity index (χ0) is 14.1. The summed E-state index contributed by atoms with van der Waals surface area (Å²) in [4.78, 5) is 4.52. The first-order valence-corrected chi connectivity index (χ1v) is 7.01. The van der Waals surface area contributed by atoms with Gasteiger partial charge in [0.15, 0.2) is 5.82 Å². The van der Waals surface area contributed by atoms with Gasteiger partial charge in [-0.1, -0.05) is 37.2 Å². The van der Waals surface area contributed by atoms with Crippen molar-refractivity contribution in [1.82, 2.24) is 10.1 Å². The lowest BCUT2D eigenvalue weighted by Gasteiger charge is -2.13. The lowest BCUT2D eigenvalue weighted by Crippen LogP contribution is -2.25. The van der Waals surface area contributed by atoms with E-state index in [1.54, 1.807) is 0 Å². The summed E-state index contributed by atoms with van der Waals surface area (Å²) < 4.78 is 11.0. The van der Waals surface area contributed by atoms with Crippen LogP contribution in [0.4, 0.5) is 0 Å². The largest absolute Gasteiger partial charge is 0.492 e. The fourth-order valence-corrected chi connectivity index (χ4v) is 2.49. The number of benzene rings is 1. The van der Waals surface area contributed by atoms with Crippen molar-refractivity contribution in [2.45, 2.75) is 38.1 Å². The second-order valence-electron chi connectivity index (χ2n) is 5.25. The summed E-state index contributed by atoms with van der Waals surface area (Å²) in [6, 6.07) is 8.01. The van der Waals surface area contributed by atoms with Crippen LogP contribution in [0.2, 0.25) is 0 Å². The molecule has 3 rings (SSSR count). The molecule has 2 aromatic rings. The fourth-order valence-electron chi connectivity index (χ4n) is 2.49. The van der Waals surface area contributed by atoms with Crippen molar-refractivity contribution in [1.29, 1.82) is 0 Å². The highest BCUT2D eigenvalue weighted by molar-refractivity contribution is 5.42.